The Bertz CT molecular complexity index is 811. The van der Waals surface area contributed by atoms with Crippen LogP contribution in [0.1, 0.15) is 11.1 Å². The van der Waals surface area contributed by atoms with Crippen LogP contribution in [0.15, 0.2) is 60.7 Å². The fourth-order valence-corrected chi connectivity index (χ4v) is 3.42. The summed E-state index contributed by atoms with van der Waals surface area (Å²) in [4.78, 5) is 0. The highest BCUT2D eigenvalue weighted by molar-refractivity contribution is 14.1. The first kappa shape index (κ1) is 19.3. The molecule has 2 nitrogen and oxygen atoms in total. The van der Waals surface area contributed by atoms with Crippen LogP contribution in [-0.4, -0.2) is 0 Å². The fourth-order valence-electron chi connectivity index (χ4n) is 2.23. The van der Waals surface area contributed by atoms with Gasteiger partial charge >= 0.3 is 0 Å². The molecule has 0 fully saturated rings. The van der Waals surface area contributed by atoms with Gasteiger partial charge in [0.1, 0.15) is 36.3 Å². The maximum atomic E-state index is 13.0. The summed E-state index contributed by atoms with van der Waals surface area (Å²) in [6, 6.07) is 16.3. The third-order valence-electron chi connectivity index (χ3n) is 3.59. The van der Waals surface area contributed by atoms with Gasteiger partial charge in [-0.1, -0.05) is 24.3 Å². The van der Waals surface area contributed by atoms with Gasteiger partial charge in [0.25, 0.3) is 0 Å². The van der Waals surface area contributed by atoms with E-state index in [2.05, 4.69) is 45.2 Å². The van der Waals surface area contributed by atoms with Crippen molar-refractivity contribution in [2.45, 2.75) is 13.2 Å². The van der Waals surface area contributed by atoms with Crippen LogP contribution in [0.25, 0.3) is 0 Å². The zero-order chi connectivity index (χ0) is 18.5. The van der Waals surface area contributed by atoms with E-state index in [9.17, 15) is 8.78 Å². The Hall–Kier alpha value is -1.42. The maximum absolute atomic E-state index is 13.0. The summed E-state index contributed by atoms with van der Waals surface area (Å²) in [7, 11) is 0. The van der Waals surface area contributed by atoms with E-state index in [4.69, 9.17) is 9.47 Å². The molecular formula is C20H14F2I2O2. The first-order valence-corrected chi connectivity index (χ1v) is 9.90. The van der Waals surface area contributed by atoms with Gasteiger partial charge in [0.05, 0.1) is 3.57 Å². The summed E-state index contributed by atoms with van der Waals surface area (Å²) in [6.45, 7) is 0.682. The van der Waals surface area contributed by atoms with Crippen molar-refractivity contribution in [1.82, 2.24) is 0 Å². The van der Waals surface area contributed by atoms with Crippen molar-refractivity contribution in [3.63, 3.8) is 0 Å². The number of ether oxygens (including phenoxy) is 2. The average molecular weight is 578 g/mol. The van der Waals surface area contributed by atoms with Crippen molar-refractivity contribution in [2.75, 3.05) is 0 Å². The summed E-state index contributed by atoms with van der Waals surface area (Å²) in [5.74, 6) is 0.870. The highest BCUT2D eigenvalue weighted by Gasteiger charge is 2.11. The van der Waals surface area contributed by atoms with Crippen molar-refractivity contribution >= 4 is 45.2 Å². The van der Waals surface area contributed by atoms with Gasteiger partial charge in [0, 0.05) is 3.57 Å². The predicted octanol–water partition coefficient (Wildman–Crippen LogP) is 6.33. The highest BCUT2D eigenvalue weighted by Crippen LogP contribution is 2.33. The Balaban J connectivity index is 1.70. The van der Waals surface area contributed by atoms with Gasteiger partial charge < -0.3 is 9.47 Å². The second-order valence-electron chi connectivity index (χ2n) is 5.55. The molecule has 3 aromatic rings. The molecule has 26 heavy (non-hydrogen) atoms. The topological polar surface area (TPSA) is 18.5 Å². The number of rotatable bonds is 6. The maximum Gasteiger partial charge on any atom is 0.137 e. The minimum Gasteiger partial charge on any atom is -0.488 e. The van der Waals surface area contributed by atoms with Gasteiger partial charge in [-0.2, -0.15) is 0 Å². The zero-order valence-electron chi connectivity index (χ0n) is 13.5. The van der Waals surface area contributed by atoms with Gasteiger partial charge in [-0.3, -0.25) is 0 Å². The monoisotopic (exact) mass is 578 g/mol. The molecule has 3 aromatic carbocycles. The number of benzene rings is 3. The first-order valence-electron chi connectivity index (χ1n) is 7.75. The first-order chi connectivity index (χ1) is 12.5. The van der Waals surface area contributed by atoms with E-state index in [1.54, 1.807) is 24.3 Å². The van der Waals surface area contributed by atoms with Crippen LogP contribution in [0.3, 0.4) is 0 Å². The van der Waals surface area contributed by atoms with Crippen LogP contribution in [0.4, 0.5) is 8.78 Å². The smallest absolute Gasteiger partial charge is 0.137 e. The SMILES string of the molecule is Fc1ccc(COc2cc(I)cc(OCc3ccc(F)cc3)c2I)cc1. The molecule has 0 atom stereocenters. The molecule has 0 aliphatic heterocycles. The molecule has 0 amide bonds. The summed E-state index contributed by atoms with van der Waals surface area (Å²) in [5.41, 5.74) is 1.77. The Kier molecular flexibility index (Phi) is 6.68. The third-order valence-corrected chi connectivity index (χ3v) is 5.27. The lowest BCUT2D eigenvalue weighted by molar-refractivity contribution is 0.285. The summed E-state index contributed by atoms with van der Waals surface area (Å²) >= 11 is 4.38. The minimum absolute atomic E-state index is 0.269. The molecule has 0 unspecified atom stereocenters. The van der Waals surface area contributed by atoms with Gasteiger partial charge in [-0.15, -0.1) is 0 Å². The van der Waals surface area contributed by atoms with Crippen molar-refractivity contribution in [3.05, 3.63) is 90.6 Å². The molecule has 134 valence electrons. The zero-order valence-corrected chi connectivity index (χ0v) is 17.8. The number of hydrogen-bond donors (Lipinski definition) is 0. The quantitative estimate of drug-likeness (QED) is 0.319. The van der Waals surface area contributed by atoms with Crippen LogP contribution in [0, 0.1) is 18.8 Å². The molecule has 0 radical (unpaired) electrons. The fraction of sp³-hybridized carbons (Fsp3) is 0.100. The second kappa shape index (κ2) is 8.98. The highest BCUT2D eigenvalue weighted by atomic mass is 127. The third kappa shape index (κ3) is 5.29. The average Bonchev–Trinajstić information content (AvgIpc) is 2.63. The minimum atomic E-state index is -0.269. The van der Waals surface area contributed by atoms with Crippen LogP contribution < -0.4 is 9.47 Å². The lowest BCUT2D eigenvalue weighted by Crippen LogP contribution is -2.01. The van der Waals surface area contributed by atoms with Crippen molar-refractivity contribution in [1.29, 1.82) is 0 Å². The molecule has 3 rings (SSSR count). The van der Waals surface area contributed by atoms with Gasteiger partial charge in [0.2, 0.25) is 0 Å². The van der Waals surface area contributed by atoms with Gasteiger partial charge in [-0.25, -0.2) is 8.78 Å². The normalized spacial score (nSPS) is 10.6. The summed E-state index contributed by atoms with van der Waals surface area (Å²) in [6.07, 6.45) is 0. The van der Waals surface area contributed by atoms with Crippen molar-refractivity contribution in [3.8, 4) is 11.5 Å². The molecule has 0 aliphatic rings. The molecule has 6 heteroatoms. The van der Waals surface area contributed by atoms with Crippen LogP contribution in [0.5, 0.6) is 11.5 Å². The van der Waals surface area contributed by atoms with E-state index in [0.717, 1.165) is 18.3 Å². The Morgan fingerprint density at radius 2 is 1.04 bits per heavy atom. The van der Waals surface area contributed by atoms with Crippen molar-refractivity contribution in [2.24, 2.45) is 0 Å². The van der Waals surface area contributed by atoms with E-state index in [1.165, 1.54) is 24.3 Å². The van der Waals surface area contributed by atoms with Crippen LogP contribution in [-0.2, 0) is 13.2 Å². The molecule has 0 aliphatic carbocycles. The lowest BCUT2D eigenvalue weighted by atomic mass is 10.2. The summed E-state index contributed by atoms with van der Waals surface area (Å²) < 4.78 is 39.6. The van der Waals surface area contributed by atoms with E-state index in [1.807, 2.05) is 12.1 Å². The summed E-state index contributed by atoms with van der Waals surface area (Å²) in [5, 5.41) is 0. The largest absolute Gasteiger partial charge is 0.488 e. The van der Waals surface area contributed by atoms with E-state index < -0.39 is 0 Å². The lowest BCUT2D eigenvalue weighted by Gasteiger charge is -2.14. The Labute approximate surface area is 177 Å². The molecule has 0 aromatic heterocycles. The predicted molar refractivity (Wildman–Crippen MR) is 113 cm³/mol. The number of hydrogen-bond acceptors (Lipinski definition) is 2. The van der Waals surface area contributed by atoms with Crippen LogP contribution >= 0.6 is 45.2 Å². The van der Waals surface area contributed by atoms with E-state index in [-0.39, 0.29) is 11.6 Å². The van der Waals surface area contributed by atoms with Crippen molar-refractivity contribution < 1.29 is 18.3 Å². The standard InChI is InChI=1S/C20H14F2I2O2/c21-15-5-1-13(2-6-15)11-25-18-9-17(23)10-19(20(18)24)26-12-14-3-7-16(22)8-4-14/h1-10H,11-12H2. The number of halogens is 4. The molecule has 0 bridgehead atoms. The molecule has 0 spiro atoms. The molecule has 0 N–H and O–H groups in total. The molecule has 0 heterocycles. The molecule has 0 saturated heterocycles. The van der Waals surface area contributed by atoms with Gasteiger partial charge in [-0.05, 0) is 92.7 Å². The van der Waals surface area contributed by atoms with Gasteiger partial charge in [0.15, 0.2) is 0 Å². The van der Waals surface area contributed by atoms with E-state index in [0.29, 0.717) is 24.7 Å². The molecule has 0 saturated carbocycles. The second-order valence-corrected chi connectivity index (χ2v) is 7.87. The van der Waals surface area contributed by atoms with E-state index >= 15 is 0 Å². The molecular weight excluding hydrogens is 564 g/mol. The Morgan fingerprint density at radius 3 is 1.42 bits per heavy atom. The van der Waals surface area contributed by atoms with Crippen LogP contribution in [0.2, 0.25) is 0 Å². The Morgan fingerprint density at radius 1 is 0.654 bits per heavy atom.